The molecule has 3 nitrogen and oxygen atoms in total. The molecule has 2 aromatic carbocycles. The number of hydrogen-bond acceptors (Lipinski definition) is 3. The second-order valence-electron chi connectivity index (χ2n) is 5.00. The van der Waals surface area contributed by atoms with E-state index in [2.05, 4.69) is 21.2 Å². The van der Waals surface area contributed by atoms with Gasteiger partial charge in [-0.15, -0.1) is 0 Å². The van der Waals surface area contributed by atoms with Crippen molar-refractivity contribution in [1.29, 1.82) is 0 Å². The zero-order valence-corrected chi connectivity index (χ0v) is 13.5. The lowest BCUT2D eigenvalue weighted by Crippen LogP contribution is -2.05. The monoisotopic (exact) mass is 334 g/mol. The maximum atomic E-state index is 6.03. The Bertz CT molecular complexity index is 594. The molecule has 20 heavy (non-hydrogen) atoms. The molecule has 0 fully saturated rings. The molecule has 0 amide bonds. The third-order valence-corrected chi connectivity index (χ3v) is 3.69. The summed E-state index contributed by atoms with van der Waals surface area (Å²) in [7, 11) is 0. The van der Waals surface area contributed by atoms with E-state index in [1.807, 2.05) is 57.2 Å². The number of nitrogens with one attached hydrogen (secondary N) is 1. The van der Waals surface area contributed by atoms with Crippen LogP contribution in [0.2, 0.25) is 0 Å². The molecule has 0 atom stereocenters. The molecule has 0 saturated carbocycles. The first-order valence-corrected chi connectivity index (χ1v) is 7.34. The second kappa shape index (κ2) is 6.18. The van der Waals surface area contributed by atoms with Crippen LogP contribution in [-0.2, 0) is 0 Å². The Morgan fingerprint density at radius 2 is 1.80 bits per heavy atom. The minimum Gasteiger partial charge on any atom is -0.491 e. The third kappa shape index (κ3) is 3.67. The minimum atomic E-state index is 0.178. The number of benzene rings is 2. The average molecular weight is 335 g/mol. The summed E-state index contributed by atoms with van der Waals surface area (Å²) >= 11 is 3.52. The van der Waals surface area contributed by atoms with Gasteiger partial charge in [0.25, 0.3) is 0 Å². The van der Waals surface area contributed by atoms with E-state index in [4.69, 9.17) is 10.5 Å². The largest absolute Gasteiger partial charge is 0.491 e. The Morgan fingerprint density at radius 3 is 2.40 bits per heavy atom. The molecule has 0 spiro atoms. The number of rotatable bonds is 4. The summed E-state index contributed by atoms with van der Waals surface area (Å²) in [6.07, 6.45) is 0.178. The van der Waals surface area contributed by atoms with Gasteiger partial charge in [0.2, 0.25) is 0 Å². The highest BCUT2D eigenvalue weighted by Gasteiger charge is 2.04. The maximum Gasteiger partial charge on any atom is 0.119 e. The zero-order valence-electron chi connectivity index (χ0n) is 11.9. The number of nitrogen functional groups attached to an aromatic ring is 1. The SMILES string of the molecule is Cc1cc(N)c(Nc2ccc(OC(C)C)cc2)cc1Br. The van der Waals surface area contributed by atoms with Crippen LogP contribution in [0.25, 0.3) is 0 Å². The molecule has 0 heterocycles. The predicted octanol–water partition coefficient (Wildman–Crippen LogP) is 4.87. The van der Waals surface area contributed by atoms with Crippen molar-refractivity contribution in [3.63, 3.8) is 0 Å². The van der Waals surface area contributed by atoms with Crippen LogP contribution in [0.15, 0.2) is 40.9 Å². The number of aryl methyl sites for hydroxylation is 1. The van der Waals surface area contributed by atoms with Crippen LogP contribution >= 0.6 is 15.9 Å². The van der Waals surface area contributed by atoms with Crippen molar-refractivity contribution >= 4 is 33.0 Å². The normalized spacial score (nSPS) is 10.7. The number of halogens is 1. The Hall–Kier alpha value is -1.68. The summed E-state index contributed by atoms with van der Waals surface area (Å²) in [6.45, 7) is 6.04. The first-order chi connectivity index (χ1) is 9.45. The summed E-state index contributed by atoms with van der Waals surface area (Å²) in [5, 5.41) is 3.31. The number of ether oxygens (including phenoxy) is 1. The van der Waals surface area contributed by atoms with Gasteiger partial charge in [0, 0.05) is 10.2 Å². The van der Waals surface area contributed by atoms with Gasteiger partial charge in [0.05, 0.1) is 17.5 Å². The lowest BCUT2D eigenvalue weighted by atomic mass is 10.2. The Morgan fingerprint density at radius 1 is 1.15 bits per heavy atom. The van der Waals surface area contributed by atoms with Crippen LogP contribution in [0.4, 0.5) is 17.1 Å². The molecule has 2 aromatic rings. The highest BCUT2D eigenvalue weighted by atomic mass is 79.9. The van der Waals surface area contributed by atoms with Crippen molar-refractivity contribution in [1.82, 2.24) is 0 Å². The quantitative estimate of drug-likeness (QED) is 0.784. The third-order valence-electron chi connectivity index (χ3n) is 2.84. The van der Waals surface area contributed by atoms with E-state index in [1.165, 1.54) is 0 Å². The molecule has 2 rings (SSSR count). The van der Waals surface area contributed by atoms with Gasteiger partial charge in [-0.1, -0.05) is 15.9 Å². The lowest BCUT2D eigenvalue weighted by Gasteiger charge is -2.13. The fourth-order valence-electron chi connectivity index (χ4n) is 1.86. The second-order valence-corrected chi connectivity index (χ2v) is 5.86. The van der Waals surface area contributed by atoms with Gasteiger partial charge in [-0.2, -0.15) is 0 Å². The number of hydrogen-bond donors (Lipinski definition) is 2. The maximum absolute atomic E-state index is 6.03. The standard InChI is InChI=1S/C16H19BrN2O/c1-10(2)20-13-6-4-12(5-7-13)19-16-9-14(17)11(3)8-15(16)18/h4-10,19H,18H2,1-3H3. The van der Waals surface area contributed by atoms with E-state index in [9.17, 15) is 0 Å². The predicted molar refractivity (Wildman–Crippen MR) is 88.8 cm³/mol. The molecular weight excluding hydrogens is 316 g/mol. The Labute approximate surface area is 128 Å². The van der Waals surface area contributed by atoms with E-state index in [-0.39, 0.29) is 6.10 Å². The van der Waals surface area contributed by atoms with Crippen molar-refractivity contribution in [2.75, 3.05) is 11.1 Å². The van der Waals surface area contributed by atoms with Crippen molar-refractivity contribution in [2.24, 2.45) is 0 Å². The number of anilines is 3. The van der Waals surface area contributed by atoms with Crippen molar-refractivity contribution in [3.05, 3.63) is 46.4 Å². The lowest BCUT2D eigenvalue weighted by molar-refractivity contribution is 0.242. The molecule has 0 saturated heterocycles. The fraction of sp³-hybridized carbons (Fsp3) is 0.250. The molecule has 0 aliphatic heterocycles. The molecule has 0 aromatic heterocycles. The first-order valence-electron chi connectivity index (χ1n) is 6.55. The van der Waals surface area contributed by atoms with Gasteiger partial charge in [0.15, 0.2) is 0 Å². The Kier molecular flexibility index (Phi) is 4.55. The molecule has 0 aliphatic rings. The van der Waals surface area contributed by atoms with Gasteiger partial charge in [-0.05, 0) is 62.7 Å². The van der Waals surface area contributed by atoms with Crippen LogP contribution in [-0.4, -0.2) is 6.10 Å². The smallest absolute Gasteiger partial charge is 0.119 e. The van der Waals surface area contributed by atoms with Crippen molar-refractivity contribution < 1.29 is 4.74 Å². The molecule has 0 aliphatic carbocycles. The first kappa shape index (κ1) is 14.7. The van der Waals surface area contributed by atoms with Crippen molar-refractivity contribution in [3.8, 4) is 5.75 Å². The fourth-order valence-corrected chi connectivity index (χ4v) is 2.20. The van der Waals surface area contributed by atoms with Crippen LogP contribution in [0.3, 0.4) is 0 Å². The van der Waals surface area contributed by atoms with E-state index in [0.717, 1.165) is 32.8 Å². The van der Waals surface area contributed by atoms with Gasteiger partial charge in [-0.25, -0.2) is 0 Å². The van der Waals surface area contributed by atoms with Gasteiger partial charge in [-0.3, -0.25) is 0 Å². The van der Waals surface area contributed by atoms with Gasteiger partial charge >= 0.3 is 0 Å². The highest BCUT2D eigenvalue weighted by molar-refractivity contribution is 9.10. The molecule has 0 bridgehead atoms. The van der Waals surface area contributed by atoms with Crippen molar-refractivity contribution in [2.45, 2.75) is 26.9 Å². The zero-order chi connectivity index (χ0) is 14.7. The van der Waals surface area contributed by atoms with E-state index in [0.29, 0.717) is 0 Å². The van der Waals surface area contributed by atoms with Gasteiger partial charge in [0.1, 0.15) is 5.75 Å². The molecular formula is C16H19BrN2O. The molecule has 0 unspecified atom stereocenters. The van der Waals surface area contributed by atoms with Crippen LogP contribution in [0.5, 0.6) is 5.75 Å². The molecule has 3 N–H and O–H groups in total. The van der Waals surface area contributed by atoms with E-state index < -0.39 is 0 Å². The van der Waals surface area contributed by atoms with Crippen LogP contribution in [0.1, 0.15) is 19.4 Å². The van der Waals surface area contributed by atoms with Crippen LogP contribution in [0, 0.1) is 6.92 Å². The van der Waals surface area contributed by atoms with Gasteiger partial charge < -0.3 is 15.8 Å². The summed E-state index contributed by atoms with van der Waals surface area (Å²) in [5.41, 5.74) is 9.74. The topological polar surface area (TPSA) is 47.3 Å². The average Bonchev–Trinajstić information content (AvgIpc) is 2.37. The van der Waals surface area contributed by atoms with Crippen LogP contribution < -0.4 is 15.8 Å². The summed E-state index contributed by atoms with van der Waals surface area (Å²) in [6, 6.07) is 11.8. The number of nitrogens with two attached hydrogens (primary N) is 1. The van der Waals surface area contributed by atoms with E-state index >= 15 is 0 Å². The summed E-state index contributed by atoms with van der Waals surface area (Å²) in [4.78, 5) is 0. The molecule has 106 valence electrons. The summed E-state index contributed by atoms with van der Waals surface area (Å²) in [5.74, 6) is 0.864. The highest BCUT2D eigenvalue weighted by Crippen LogP contribution is 2.30. The summed E-state index contributed by atoms with van der Waals surface area (Å²) < 4.78 is 6.65. The minimum absolute atomic E-state index is 0.178. The molecule has 0 radical (unpaired) electrons. The van der Waals surface area contributed by atoms with E-state index in [1.54, 1.807) is 0 Å². The Balaban J connectivity index is 2.16. The molecule has 4 heteroatoms.